The first-order chi connectivity index (χ1) is 10.2. The maximum absolute atomic E-state index is 10.4. The van der Waals surface area contributed by atoms with Gasteiger partial charge in [-0.25, -0.2) is 0 Å². The van der Waals surface area contributed by atoms with Gasteiger partial charge in [0.15, 0.2) is 11.5 Å². The molecule has 0 heterocycles. The van der Waals surface area contributed by atoms with Crippen LogP contribution in [0.15, 0.2) is 54.7 Å². The highest BCUT2D eigenvalue weighted by atomic mass is 16.6. The van der Waals surface area contributed by atoms with E-state index >= 15 is 0 Å². The van der Waals surface area contributed by atoms with Crippen LogP contribution in [0.3, 0.4) is 0 Å². The fourth-order valence-corrected chi connectivity index (χ4v) is 1.79. The molecule has 2 rings (SSSR count). The van der Waals surface area contributed by atoms with Gasteiger partial charge >= 0.3 is 0 Å². The van der Waals surface area contributed by atoms with Gasteiger partial charge in [-0.3, -0.25) is 10.1 Å². The summed E-state index contributed by atoms with van der Waals surface area (Å²) in [4.78, 5) is 9.85. The number of nitrogens with zero attached hydrogens (tertiary/aromatic N) is 1. The van der Waals surface area contributed by atoms with Gasteiger partial charge in [0.05, 0.1) is 12.0 Å². The summed E-state index contributed by atoms with van der Waals surface area (Å²) >= 11 is 0. The summed E-state index contributed by atoms with van der Waals surface area (Å²) in [6.45, 7) is 0.402. The lowest BCUT2D eigenvalue weighted by atomic mass is 10.2. The Morgan fingerprint density at radius 3 is 2.57 bits per heavy atom. The van der Waals surface area contributed by atoms with Gasteiger partial charge < -0.3 is 9.47 Å². The molecule has 0 N–H and O–H groups in total. The quantitative estimate of drug-likeness (QED) is 0.601. The zero-order chi connectivity index (χ0) is 15.1. The van der Waals surface area contributed by atoms with Crippen molar-refractivity contribution in [2.75, 3.05) is 7.11 Å². The number of methoxy groups -OCH3 is 1. The molecule has 108 valence electrons. The smallest absolute Gasteiger partial charge is 0.235 e. The molecule has 2 aromatic rings. The Hall–Kier alpha value is -2.82. The van der Waals surface area contributed by atoms with Crippen LogP contribution in [0.5, 0.6) is 11.5 Å². The molecule has 2 aromatic carbocycles. The van der Waals surface area contributed by atoms with Crippen LogP contribution in [0.4, 0.5) is 0 Å². The fourth-order valence-electron chi connectivity index (χ4n) is 1.79. The molecule has 0 aliphatic carbocycles. The molecule has 5 heteroatoms. The van der Waals surface area contributed by atoms with Crippen molar-refractivity contribution >= 4 is 6.08 Å². The molecule has 0 aliphatic rings. The molecular formula is C16H15NO4. The predicted octanol–water partition coefficient (Wildman–Crippen LogP) is 3.52. The maximum Gasteiger partial charge on any atom is 0.235 e. The first-order valence-corrected chi connectivity index (χ1v) is 6.35. The van der Waals surface area contributed by atoms with Crippen LogP contribution >= 0.6 is 0 Å². The van der Waals surface area contributed by atoms with E-state index in [1.54, 1.807) is 25.3 Å². The number of hydrogen-bond donors (Lipinski definition) is 0. The number of rotatable bonds is 6. The molecule has 0 saturated heterocycles. The average Bonchev–Trinajstić information content (AvgIpc) is 2.52. The van der Waals surface area contributed by atoms with Gasteiger partial charge in [-0.15, -0.1) is 0 Å². The van der Waals surface area contributed by atoms with Gasteiger partial charge in [-0.1, -0.05) is 36.4 Å². The minimum absolute atomic E-state index is 0.402. The van der Waals surface area contributed by atoms with Crippen molar-refractivity contribution in [1.29, 1.82) is 0 Å². The van der Waals surface area contributed by atoms with Crippen molar-refractivity contribution in [2.24, 2.45) is 0 Å². The topological polar surface area (TPSA) is 61.6 Å². The second-order valence-corrected chi connectivity index (χ2v) is 4.29. The van der Waals surface area contributed by atoms with Crippen LogP contribution in [0.25, 0.3) is 6.08 Å². The van der Waals surface area contributed by atoms with E-state index < -0.39 is 4.92 Å². The lowest BCUT2D eigenvalue weighted by molar-refractivity contribution is -0.400. The largest absolute Gasteiger partial charge is 0.493 e. The molecule has 0 unspecified atom stereocenters. The van der Waals surface area contributed by atoms with E-state index in [0.29, 0.717) is 23.7 Å². The Morgan fingerprint density at radius 1 is 1.14 bits per heavy atom. The van der Waals surface area contributed by atoms with Crippen LogP contribution in [0.2, 0.25) is 0 Å². The van der Waals surface area contributed by atoms with E-state index in [4.69, 9.17) is 9.47 Å². The van der Waals surface area contributed by atoms with Crippen molar-refractivity contribution < 1.29 is 14.4 Å². The van der Waals surface area contributed by atoms with Crippen LogP contribution in [-0.4, -0.2) is 12.0 Å². The summed E-state index contributed by atoms with van der Waals surface area (Å²) in [5.41, 5.74) is 1.71. The first kappa shape index (κ1) is 14.6. The summed E-state index contributed by atoms with van der Waals surface area (Å²) < 4.78 is 11.0. The van der Waals surface area contributed by atoms with Crippen LogP contribution in [0, 0.1) is 10.1 Å². The molecule has 0 saturated carbocycles. The third-order valence-corrected chi connectivity index (χ3v) is 2.81. The molecule has 0 bridgehead atoms. The molecule has 0 fully saturated rings. The van der Waals surface area contributed by atoms with Gasteiger partial charge in [-0.05, 0) is 23.3 Å². The van der Waals surface area contributed by atoms with Crippen molar-refractivity contribution in [3.63, 3.8) is 0 Å². The second kappa shape index (κ2) is 7.09. The summed E-state index contributed by atoms with van der Waals surface area (Å²) in [5, 5.41) is 10.4. The van der Waals surface area contributed by atoms with Crippen LogP contribution < -0.4 is 9.47 Å². The van der Waals surface area contributed by atoms with Crippen molar-refractivity contribution in [2.45, 2.75) is 6.61 Å². The van der Waals surface area contributed by atoms with E-state index in [-0.39, 0.29) is 0 Å². The van der Waals surface area contributed by atoms with Crippen LogP contribution in [0.1, 0.15) is 11.1 Å². The maximum atomic E-state index is 10.4. The summed E-state index contributed by atoms with van der Waals surface area (Å²) in [7, 11) is 1.55. The molecule has 0 aromatic heterocycles. The third-order valence-electron chi connectivity index (χ3n) is 2.81. The molecule has 0 radical (unpaired) electrons. The fraction of sp³-hybridized carbons (Fsp3) is 0.125. The Labute approximate surface area is 122 Å². The average molecular weight is 285 g/mol. The Balaban J connectivity index is 2.16. The Kier molecular flexibility index (Phi) is 4.93. The Bertz CT molecular complexity index is 638. The zero-order valence-electron chi connectivity index (χ0n) is 11.6. The molecule has 21 heavy (non-hydrogen) atoms. The molecule has 0 atom stereocenters. The van der Waals surface area contributed by atoms with E-state index in [0.717, 1.165) is 11.8 Å². The zero-order valence-corrected chi connectivity index (χ0v) is 11.6. The third kappa shape index (κ3) is 4.35. The van der Waals surface area contributed by atoms with E-state index in [9.17, 15) is 10.1 Å². The van der Waals surface area contributed by atoms with E-state index in [1.807, 2.05) is 30.3 Å². The normalized spacial score (nSPS) is 10.5. The standard InChI is InChI=1S/C16H15NO4/c1-20-15-8-7-13(9-10-17(18)19)11-16(15)21-12-14-5-3-2-4-6-14/h2-11H,12H2,1H3/b10-9+. The second-order valence-electron chi connectivity index (χ2n) is 4.29. The number of hydrogen-bond acceptors (Lipinski definition) is 4. The van der Waals surface area contributed by atoms with Crippen molar-refractivity contribution in [3.8, 4) is 11.5 Å². The lowest BCUT2D eigenvalue weighted by Gasteiger charge is -2.11. The van der Waals surface area contributed by atoms with E-state index in [1.165, 1.54) is 6.08 Å². The van der Waals surface area contributed by atoms with Gasteiger partial charge in [0, 0.05) is 6.08 Å². The van der Waals surface area contributed by atoms with Gasteiger partial charge in [0.1, 0.15) is 6.61 Å². The van der Waals surface area contributed by atoms with Gasteiger partial charge in [0.2, 0.25) is 6.20 Å². The predicted molar refractivity (Wildman–Crippen MR) is 79.8 cm³/mol. The molecule has 0 aliphatic heterocycles. The number of benzene rings is 2. The SMILES string of the molecule is COc1ccc(/C=C/[N+](=O)[O-])cc1OCc1ccccc1. The van der Waals surface area contributed by atoms with Gasteiger partial charge in [0.25, 0.3) is 0 Å². The highest BCUT2D eigenvalue weighted by Gasteiger charge is 2.06. The number of nitro groups is 1. The first-order valence-electron chi connectivity index (χ1n) is 6.35. The summed E-state index contributed by atoms with van der Waals surface area (Å²) in [5.74, 6) is 1.14. The molecule has 0 spiro atoms. The van der Waals surface area contributed by atoms with Gasteiger partial charge in [-0.2, -0.15) is 0 Å². The number of ether oxygens (including phenoxy) is 2. The monoisotopic (exact) mass is 285 g/mol. The van der Waals surface area contributed by atoms with E-state index in [2.05, 4.69) is 0 Å². The minimum Gasteiger partial charge on any atom is -0.493 e. The van der Waals surface area contributed by atoms with Crippen molar-refractivity contribution in [3.05, 3.63) is 76.0 Å². The molecule has 0 amide bonds. The Morgan fingerprint density at radius 2 is 1.90 bits per heavy atom. The minimum atomic E-state index is -0.505. The highest BCUT2D eigenvalue weighted by Crippen LogP contribution is 2.29. The molecular weight excluding hydrogens is 270 g/mol. The van der Waals surface area contributed by atoms with Crippen molar-refractivity contribution in [1.82, 2.24) is 0 Å². The molecule has 5 nitrogen and oxygen atoms in total. The lowest BCUT2D eigenvalue weighted by Crippen LogP contribution is -1.98. The summed E-state index contributed by atoms with van der Waals surface area (Å²) in [6, 6.07) is 14.9. The van der Waals surface area contributed by atoms with Crippen LogP contribution in [-0.2, 0) is 6.61 Å². The highest BCUT2D eigenvalue weighted by molar-refractivity contribution is 5.55. The summed E-state index contributed by atoms with van der Waals surface area (Å²) in [6.07, 6.45) is 2.30.